The fourth-order valence-corrected chi connectivity index (χ4v) is 2.65. The molecule has 0 saturated carbocycles. The molecule has 26 heavy (non-hydrogen) atoms. The van der Waals surface area contributed by atoms with Crippen molar-refractivity contribution in [3.05, 3.63) is 94.8 Å². The number of benzene rings is 2. The fraction of sp³-hybridized carbons (Fsp3) is 0.0952. The molecule has 5 nitrogen and oxygen atoms in total. The van der Waals surface area contributed by atoms with Gasteiger partial charge in [-0.15, -0.1) is 0 Å². The minimum atomic E-state index is -0.388. The van der Waals surface area contributed by atoms with Crippen LogP contribution in [0.1, 0.15) is 37.4 Å². The highest BCUT2D eigenvalue weighted by Crippen LogP contribution is 2.25. The molecule has 0 aliphatic carbocycles. The first-order valence-corrected chi connectivity index (χ1v) is 8.14. The molecule has 2 aromatic carbocycles. The van der Waals surface area contributed by atoms with Crippen LogP contribution in [-0.2, 0) is 0 Å². The van der Waals surface area contributed by atoms with Crippen LogP contribution in [0, 0.1) is 13.8 Å². The fourth-order valence-electron chi connectivity index (χ4n) is 2.65. The van der Waals surface area contributed by atoms with E-state index in [0.29, 0.717) is 22.4 Å². The van der Waals surface area contributed by atoms with E-state index in [1.807, 2.05) is 32.0 Å². The third-order valence-corrected chi connectivity index (χ3v) is 3.93. The van der Waals surface area contributed by atoms with E-state index in [0.717, 1.165) is 11.1 Å². The third kappa shape index (κ3) is 3.78. The first kappa shape index (κ1) is 17.4. The number of aromatic nitrogens is 1. The molecule has 0 spiro atoms. The number of hydroxylamine groups is 1. The van der Waals surface area contributed by atoms with Crippen LogP contribution in [0.2, 0.25) is 0 Å². The molecule has 0 radical (unpaired) electrons. The Bertz CT molecular complexity index is 915. The van der Waals surface area contributed by atoms with E-state index in [4.69, 9.17) is 4.84 Å². The number of amides is 1. The highest BCUT2D eigenvalue weighted by molar-refractivity contribution is 6.09. The van der Waals surface area contributed by atoms with Crippen molar-refractivity contribution in [3.8, 4) is 5.75 Å². The number of nitrogens with zero attached hydrogens (tertiary/aromatic N) is 1. The van der Waals surface area contributed by atoms with Crippen LogP contribution in [0.25, 0.3) is 0 Å². The van der Waals surface area contributed by atoms with Crippen molar-refractivity contribution in [1.82, 2.24) is 10.5 Å². The standard InChI is InChI=1S/C21H18N2O3/c1-14-11-18(19(24)16-7-4-3-5-8-16)12-15(2)20(14)26-23-21(25)17-9-6-10-22-13-17/h3-13H,1-2H3,(H,23,25). The number of hydrogen-bond acceptors (Lipinski definition) is 4. The Labute approximate surface area is 151 Å². The second-order valence-electron chi connectivity index (χ2n) is 5.91. The second-order valence-corrected chi connectivity index (χ2v) is 5.91. The first-order chi connectivity index (χ1) is 12.6. The first-order valence-electron chi connectivity index (χ1n) is 8.14. The van der Waals surface area contributed by atoms with E-state index in [9.17, 15) is 9.59 Å². The van der Waals surface area contributed by atoms with E-state index in [-0.39, 0.29) is 11.7 Å². The Morgan fingerprint density at radius 3 is 2.15 bits per heavy atom. The molecule has 5 heteroatoms. The Hall–Kier alpha value is -3.47. The van der Waals surface area contributed by atoms with Crippen molar-refractivity contribution in [2.45, 2.75) is 13.8 Å². The zero-order valence-corrected chi connectivity index (χ0v) is 14.5. The monoisotopic (exact) mass is 346 g/mol. The molecule has 1 amide bonds. The van der Waals surface area contributed by atoms with Gasteiger partial charge in [0.05, 0.1) is 5.56 Å². The summed E-state index contributed by atoms with van der Waals surface area (Å²) in [6.07, 6.45) is 3.05. The van der Waals surface area contributed by atoms with Crippen molar-refractivity contribution in [2.24, 2.45) is 0 Å². The topological polar surface area (TPSA) is 68.3 Å². The molecule has 0 unspecified atom stereocenters. The summed E-state index contributed by atoms with van der Waals surface area (Å²) in [4.78, 5) is 34.1. The van der Waals surface area contributed by atoms with Gasteiger partial charge >= 0.3 is 0 Å². The van der Waals surface area contributed by atoms with Gasteiger partial charge in [0.2, 0.25) is 0 Å². The van der Waals surface area contributed by atoms with Gasteiger partial charge in [-0.3, -0.25) is 14.6 Å². The van der Waals surface area contributed by atoms with Gasteiger partial charge in [0, 0.05) is 23.5 Å². The lowest BCUT2D eigenvalue weighted by atomic mass is 9.99. The largest absolute Gasteiger partial charge is 0.379 e. The van der Waals surface area contributed by atoms with E-state index in [2.05, 4.69) is 10.5 Å². The summed E-state index contributed by atoms with van der Waals surface area (Å²) < 4.78 is 0. The van der Waals surface area contributed by atoms with Gasteiger partial charge in [-0.1, -0.05) is 30.3 Å². The van der Waals surface area contributed by atoms with Crippen molar-refractivity contribution in [1.29, 1.82) is 0 Å². The molecule has 1 N–H and O–H groups in total. The number of pyridine rings is 1. The van der Waals surface area contributed by atoms with E-state index < -0.39 is 0 Å². The maximum Gasteiger partial charge on any atom is 0.285 e. The summed E-state index contributed by atoms with van der Waals surface area (Å²) in [7, 11) is 0. The molecular weight excluding hydrogens is 328 g/mol. The Balaban J connectivity index is 1.77. The van der Waals surface area contributed by atoms with Crippen molar-refractivity contribution >= 4 is 11.7 Å². The zero-order valence-electron chi connectivity index (χ0n) is 14.5. The smallest absolute Gasteiger partial charge is 0.285 e. The molecule has 0 aliphatic rings. The summed E-state index contributed by atoms with van der Waals surface area (Å²) in [6.45, 7) is 3.67. The number of carbonyl (C=O) groups is 2. The molecule has 0 aliphatic heterocycles. The number of rotatable bonds is 5. The van der Waals surface area contributed by atoms with Gasteiger partial charge < -0.3 is 4.84 Å². The highest BCUT2D eigenvalue weighted by atomic mass is 16.7. The Morgan fingerprint density at radius 2 is 1.54 bits per heavy atom. The number of aryl methyl sites for hydroxylation is 2. The van der Waals surface area contributed by atoms with Gasteiger partial charge in [-0.2, -0.15) is 5.48 Å². The maximum atomic E-state index is 12.6. The molecule has 0 bridgehead atoms. The normalized spacial score (nSPS) is 10.2. The van der Waals surface area contributed by atoms with Crippen LogP contribution < -0.4 is 10.3 Å². The van der Waals surface area contributed by atoms with Crippen LogP contribution in [0.4, 0.5) is 0 Å². The third-order valence-electron chi connectivity index (χ3n) is 3.93. The summed E-state index contributed by atoms with van der Waals surface area (Å²) >= 11 is 0. The summed E-state index contributed by atoms with van der Waals surface area (Å²) in [6, 6.07) is 15.9. The van der Waals surface area contributed by atoms with Crippen molar-refractivity contribution < 1.29 is 14.4 Å². The predicted octanol–water partition coefficient (Wildman–Crippen LogP) is 3.65. The average molecular weight is 346 g/mol. The van der Waals surface area contributed by atoms with Crippen LogP contribution in [0.15, 0.2) is 67.0 Å². The number of ketones is 1. The average Bonchev–Trinajstić information content (AvgIpc) is 2.67. The van der Waals surface area contributed by atoms with Gasteiger partial charge in [0.25, 0.3) is 5.91 Å². The molecule has 0 atom stereocenters. The minimum Gasteiger partial charge on any atom is -0.379 e. The quantitative estimate of drug-likeness (QED) is 0.565. The predicted molar refractivity (Wildman–Crippen MR) is 98.1 cm³/mol. The van der Waals surface area contributed by atoms with Gasteiger partial charge in [0.1, 0.15) is 0 Å². The number of carbonyl (C=O) groups excluding carboxylic acids is 2. The van der Waals surface area contributed by atoms with Crippen molar-refractivity contribution in [3.63, 3.8) is 0 Å². The lowest BCUT2D eigenvalue weighted by Gasteiger charge is -2.13. The van der Waals surface area contributed by atoms with Gasteiger partial charge in [-0.25, -0.2) is 0 Å². The maximum absolute atomic E-state index is 12.6. The van der Waals surface area contributed by atoms with E-state index in [1.165, 1.54) is 6.20 Å². The molecule has 130 valence electrons. The lowest BCUT2D eigenvalue weighted by Crippen LogP contribution is -2.27. The van der Waals surface area contributed by atoms with Crippen LogP contribution in [0.3, 0.4) is 0 Å². The molecule has 1 heterocycles. The van der Waals surface area contributed by atoms with E-state index >= 15 is 0 Å². The van der Waals surface area contributed by atoms with Crippen LogP contribution >= 0.6 is 0 Å². The van der Waals surface area contributed by atoms with Crippen molar-refractivity contribution in [2.75, 3.05) is 0 Å². The molecule has 0 saturated heterocycles. The second kappa shape index (κ2) is 7.61. The van der Waals surface area contributed by atoms with Crippen LogP contribution in [-0.4, -0.2) is 16.7 Å². The molecule has 3 aromatic rings. The Morgan fingerprint density at radius 1 is 0.885 bits per heavy atom. The van der Waals surface area contributed by atoms with E-state index in [1.54, 1.807) is 42.6 Å². The van der Waals surface area contributed by atoms with Crippen LogP contribution in [0.5, 0.6) is 5.75 Å². The van der Waals surface area contributed by atoms with Gasteiger partial charge in [-0.05, 0) is 49.2 Å². The summed E-state index contributed by atoms with van der Waals surface area (Å²) in [5, 5.41) is 0. The number of hydrogen-bond donors (Lipinski definition) is 1. The number of nitrogens with one attached hydrogen (secondary N) is 1. The summed E-state index contributed by atoms with van der Waals surface area (Å²) in [5.74, 6) is 0.0796. The molecular formula is C21H18N2O3. The zero-order chi connectivity index (χ0) is 18.5. The SMILES string of the molecule is Cc1cc(C(=O)c2ccccc2)cc(C)c1ONC(=O)c1cccnc1. The molecule has 0 fully saturated rings. The minimum absolute atomic E-state index is 0.0530. The van der Waals surface area contributed by atoms with Gasteiger partial charge in [0.15, 0.2) is 11.5 Å². The Kier molecular flexibility index (Phi) is 5.08. The molecule has 3 rings (SSSR count). The molecule has 1 aromatic heterocycles. The summed E-state index contributed by atoms with van der Waals surface area (Å²) in [5.41, 5.74) is 5.55. The highest BCUT2D eigenvalue weighted by Gasteiger charge is 2.15. The lowest BCUT2D eigenvalue weighted by molar-refractivity contribution is 0.0756.